The molecule has 0 aromatic heterocycles. The second kappa shape index (κ2) is 16.5. The van der Waals surface area contributed by atoms with Crippen LogP contribution in [0.25, 0.3) is 43.8 Å². The molecule has 0 fully saturated rings. The Balaban J connectivity index is 0.000000302. The van der Waals surface area contributed by atoms with E-state index in [4.69, 9.17) is 0 Å². The molecule has 0 unspecified atom stereocenters. The van der Waals surface area contributed by atoms with E-state index in [9.17, 15) is 0 Å². The van der Waals surface area contributed by atoms with Crippen molar-refractivity contribution in [3.8, 4) is 22.3 Å². The van der Waals surface area contributed by atoms with Gasteiger partial charge in [0, 0.05) is 9.52 Å². The molecule has 0 N–H and O–H groups in total. The number of rotatable bonds is 2. The van der Waals surface area contributed by atoms with Gasteiger partial charge >= 0.3 is 25.8 Å². The molecule has 0 heterocycles. The van der Waals surface area contributed by atoms with Crippen LogP contribution in [0.1, 0.15) is 0 Å². The van der Waals surface area contributed by atoms with E-state index in [1.165, 1.54) is 43.8 Å². The third-order valence-corrected chi connectivity index (χ3v) is 5.45. The number of hydrogen-bond donors (Lipinski definition) is 0. The van der Waals surface area contributed by atoms with Gasteiger partial charge in [-0.05, 0) is 0 Å². The van der Waals surface area contributed by atoms with E-state index >= 15 is 0 Å². The summed E-state index contributed by atoms with van der Waals surface area (Å²) >= 11 is 0. The fraction of sp³-hybridized carbons (Fsp3) is 0.0625. The normalized spacial score (nSPS) is 9.39. The Morgan fingerprint density at radius 3 is 1.11 bits per heavy atom. The molecule has 6 aromatic carbocycles. The average molecular weight is 690 g/mol. The van der Waals surface area contributed by atoms with Gasteiger partial charge in [0.25, 0.3) is 0 Å². The molecule has 0 saturated carbocycles. The minimum Gasteiger partial charge on any atom is -1.00 e. The van der Waals surface area contributed by atoms with Crippen LogP contribution >= 0.6 is 0 Å². The average Bonchev–Trinajstić information content (AvgIpc) is 3.51. The molecule has 36 heavy (non-hydrogen) atoms. The Bertz CT molecular complexity index is 1230. The monoisotopic (exact) mass is 690 g/mol. The third-order valence-electron chi connectivity index (χ3n) is 5.45. The molecule has 2 radical (unpaired) electrons. The van der Waals surface area contributed by atoms with Crippen LogP contribution in [0.2, 0.25) is 13.1 Å². The Labute approximate surface area is 248 Å². The predicted octanol–water partition coefficient (Wildman–Crippen LogP) is 3.24. The fourth-order valence-corrected chi connectivity index (χ4v) is 3.90. The number of fused-ring (bicyclic) bond motifs is 2. The molecule has 6 rings (SSSR count). The van der Waals surface area contributed by atoms with Crippen LogP contribution < -0.4 is 24.8 Å². The second-order valence-electron chi connectivity index (χ2n) is 7.98. The largest absolute Gasteiger partial charge is 4.00 e. The molecular formula is C32H28Cl2HfSi. The minimum absolute atomic E-state index is 0. The van der Waals surface area contributed by atoms with Gasteiger partial charge in [-0.3, -0.25) is 0 Å². The van der Waals surface area contributed by atoms with E-state index in [0.717, 1.165) is 9.52 Å². The molecule has 0 amide bonds. The topological polar surface area (TPSA) is 0 Å². The van der Waals surface area contributed by atoms with E-state index in [1.807, 2.05) is 12.1 Å². The van der Waals surface area contributed by atoms with Crippen LogP contribution in [0.4, 0.5) is 0 Å². The van der Waals surface area contributed by atoms with Gasteiger partial charge in [-0.15, -0.1) is 69.1 Å². The molecule has 6 aromatic rings. The van der Waals surface area contributed by atoms with Crippen LogP contribution in [0.15, 0.2) is 133 Å². The molecule has 0 aliphatic heterocycles. The van der Waals surface area contributed by atoms with Crippen LogP contribution in [0.5, 0.6) is 0 Å². The smallest absolute Gasteiger partial charge is 1.00 e. The van der Waals surface area contributed by atoms with Gasteiger partial charge in [0.15, 0.2) is 0 Å². The van der Waals surface area contributed by atoms with Gasteiger partial charge in [-0.25, -0.2) is 0 Å². The van der Waals surface area contributed by atoms with Crippen molar-refractivity contribution in [2.75, 3.05) is 0 Å². The van der Waals surface area contributed by atoms with Gasteiger partial charge < -0.3 is 24.8 Å². The van der Waals surface area contributed by atoms with E-state index in [2.05, 4.69) is 134 Å². The number of halogens is 2. The zero-order chi connectivity index (χ0) is 22.9. The molecule has 4 heteroatoms. The summed E-state index contributed by atoms with van der Waals surface area (Å²) in [5.41, 5.74) is 5.18. The van der Waals surface area contributed by atoms with E-state index < -0.39 is 0 Å². The zero-order valence-corrected chi connectivity index (χ0v) is 26.6. The van der Waals surface area contributed by atoms with Gasteiger partial charge in [0.2, 0.25) is 0 Å². The summed E-state index contributed by atoms with van der Waals surface area (Å²) < 4.78 is 0. The van der Waals surface area contributed by atoms with Crippen LogP contribution in [0.3, 0.4) is 0 Å². The molecule has 0 bridgehead atoms. The van der Waals surface area contributed by atoms with Crippen molar-refractivity contribution in [1.29, 1.82) is 0 Å². The first-order valence-corrected chi connectivity index (χ1v) is 13.3. The summed E-state index contributed by atoms with van der Waals surface area (Å²) in [6.45, 7) is 4.31. The second-order valence-corrected chi connectivity index (χ2v) is 8.98. The van der Waals surface area contributed by atoms with Crippen molar-refractivity contribution < 1.29 is 50.7 Å². The van der Waals surface area contributed by atoms with E-state index in [0.29, 0.717) is 0 Å². The Hall–Kier alpha value is -2.23. The standard InChI is InChI=1S/2C15H11.C2H6Si.2ClH.Hf/c2*1-2-6-12(7-3-1)15-10-13-8-4-5-9-14(13)11-15;1-3-2;;;/h2*1-11H;1-2H3;2*1H;/q2*-1;;;;+4/p-2. The van der Waals surface area contributed by atoms with Crippen molar-refractivity contribution >= 4 is 31.1 Å². The Morgan fingerprint density at radius 2 is 0.778 bits per heavy atom. The molecule has 0 aliphatic carbocycles. The van der Waals surface area contributed by atoms with Gasteiger partial charge in [-0.2, -0.15) is 0 Å². The van der Waals surface area contributed by atoms with Crippen LogP contribution in [0, 0.1) is 0 Å². The van der Waals surface area contributed by atoms with Crippen molar-refractivity contribution in [3.05, 3.63) is 133 Å². The van der Waals surface area contributed by atoms with Crippen molar-refractivity contribution in [2.24, 2.45) is 0 Å². The molecule has 0 spiro atoms. The Kier molecular flexibility index (Phi) is 14.6. The number of benzene rings is 4. The first kappa shape index (κ1) is 31.8. The van der Waals surface area contributed by atoms with E-state index in [1.54, 1.807) is 0 Å². The first-order chi connectivity index (χ1) is 16.3. The maximum atomic E-state index is 2.24. The SMILES string of the molecule is C[Si]C.[Cl-].[Cl-].[Hf+4].c1ccc(-c2cc3ccccc3[cH-]2)cc1.c1ccc(-c2cc3ccccc3[cH-]2)cc1. The zero-order valence-electron chi connectivity index (χ0n) is 20.5. The Morgan fingerprint density at radius 1 is 0.472 bits per heavy atom. The molecule has 0 aliphatic rings. The maximum absolute atomic E-state index is 2.24. The van der Waals surface area contributed by atoms with Crippen molar-refractivity contribution in [1.82, 2.24) is 0 Å². The van der Waals surface area contributed by atoms with Gasteiger partial charge in [0.05, 0.1) is 0 Å². The fourth-order valence-electron chi connectivity index (χ4n) is 3.90. The van der Waals surface area contributed by atoms with Crippen LogP contribution in [-0.4, -0.2) is 9.52 Å². The molecule has 178 valence electrons. The predicted molar refractivity (Wildman–Crippen MR) is 147 cm³/mol. The summed E-state index contributed by atoms with van der Waals surface area (Å²) in [6, 6.07) is 46.9. The third kappa shape index (κ3) is 8.42. The van der Waals surface area contributed by atoms with Crippen molar-refractivity contribution in [3.63, 3.8) is 0 Å². The molecule has 0 atom stereocenters. The number of hydrogen-bond acceptors (Lipinski definition) is 0. The van der Waals surface area contributed by atoms with E-state index in [-0.39, 0.29) is 50.7 Å². The molecule has 0 saturated heterocycles. The summed E-state index contributed by atoms with van der Waals surface area (Å²) in [6.07, 6.45) is 0. The first-order valence-electron chi connectivity index (χ1n) is 11.3. The van der Waals surface area contributed by atoms with Gasteiger partial charge in [-0.1, -0.05) is 121 Å². The molecule has 0 nitrogen and oxygen atoms in total. The quantitative estimate of drug-likeness (QED) is 0.194. The van der Waals surface area contributed by atoms with Crippen LogP contribution in [-0.2, 0) is 25.8 Å². The van der Waals surface area contributed by atoms with Crippen molar-refractivity contribution in [2.45, 2.75) is 13.1 Å². The summed E-state index contributed by atoms with van der Waals surface area (Å²) in [4.78, 5) is 0. The molecular weight excluding hydrogens is 662 g/mol. The summed E-state index contributed by atoms with van der Waals surface area (Å²) in [7, 11) is 1.08. The summed E-state index contributed by atoms with van der Waals surface area (Å²) in [5, 5.41) is 5.26. The maximum Gasteiger partial charge on any atom is 4.00 e. The minimum atomic E-state index is 0. The summed E-state index contributed by atoms with van der Waals surface area (Å²) in [5.74, 6) is 0. The van der Waals surface area contributed by atoms with Gasteiger partial charge in [0.1, 0.15) is 0 Å².